The Hall–Kier alpha value is -2.11. The van der Waals surface area contributed by atoms with Gasteiger partial charge < -0.3 is 14.4 Å². The van der Waals surface area contributed by atoms with Gasteiger partial charge in [-0.2, -0.15) is 0 Å². The fourth-order valence-electron chi connectivity index (χ4n) is 4.28. The number of benzene rings is 1. The van der Waals surface area contributed by atoms with Crippen molar-refractivity contribution in [1.29, 1.82) is 0 Å². The van der Waals surface area contributed by atoms with Crippen molar-refractivity contribution in [3.05, 3.63) is 29.6 Å². The second-order valence-electron chi connectivity index (χ2n) is 7.86. The van der Waals surface area contributed by atoms with E-state index in [1.165, 1.54) is 25.7 Å². The first-order valence-electron chi connectivity index (χ1n) is 9.69. The number of halogens is 1. The van der Waals surface area contributed by atoms with E-state index in [-0.39, 0.29) is 30.7 Å². The van der Waals surface area contributed by atoms with Crippen molar-refractivity contribution in [1.82, 2.24) is 4.90 Å². The van der Waals surface area contributed by atoms with Crippen LogP contribution in [0, 0.1) is 23.6 Å². The molecular formula is C21H28FNO4. The van der Waals surface area contributed by atoms with Crippen LogP contribution in [-0.4, -0.2) is 36.5 Å². The molecule has 6 heteroatoms. The van der Waals surface area contributed by atoms with E-state index >= 15 is 0 Å². The lowest BCUT2D eigenvalue weighted by molar-refractivity contribution is -0.149. The summed E-state index contributed by atoms with van der Waals surface area (Å²) in [5.41, 5.74) is 0.553. The predicted molar refractivity (Wildman–Crippen MR) is 98.5 cm³/mol. The molecule has 2 aliphatic rings. The SMILES string of the molecule is COc1ccc(COC(=O)[C@@H]2CC(=O)N([C@@H]3CCC[C@H](C)[C@H]3C)C2)cc1F. The Bertz CT molecular complexity index is 707. The van der Waals surface area contributed by atoms with Crippen molar-refractivity contribution >= 4 is 11.9 Å². The fraction of sp³-hybridized carbons (Fsp3) is 0.619. The number of carbonyl (C=O) groups is 2. The van der Waals surface area contributed by atoms with Gasteiger partial charge in [0.25, 0.3) is 0 Å². The first-order chi connectivity index (χ1) is 12.9. The summed E-state index contributed by atoms with van der Waals surface area (Å²) in [4.78, 5) is 26.8. The van der Waals surface area contributed by atoms with Gasteiger partial charge in [-0.05, 0) is 36.0 Å². The highest BCUT2D eigenvalue weighted by molar-refractivity contribution is 5.87. The minimum absolute atomic E-state index is 0.0126. The molecule has 1 aliphatic carbocycles. The standard InChI is InChI=1S/C21H28FNO4/c1-13-5-4-6-18(14(13)2)23-11-16(10-20(23)24)21(25)27-12-15-7-8-19(26-3)17(22)9-15/h7-9,13-14,16,18H,4-6,10-12H2,1-3H3/t13-,14+,16+,18+/m0/s1. The Morgan fingerprint density at radius 1 is 1.30 bits per heavy atom. The number of carbonyl (C=O) groups excluding carboxylic acids is 2. The van der Waals surface area contributed by atoms with Crippen LogP contribution in [0.5, 0.6) is 5.75 Å². The average molecular weight is 377 g/mol. The Morgan fingerprint density at radius 3 is 2.78 bits per heavy atom. The van der Waals surface area contributed by atoms with E-state index in [9.17, 15) is 14.0 Å². The molecule has 0 unspecified atom stereocenters. The molecule has 5 nitrogen and oxygen atoms in total. The molecule has 27 heavy (non-hydrogen) atoms. The van der Waals surface area contributed by atoms with Crippen molar-refractivity contribution in [3.8, 4) is 5.75 Å². The molecule has 4 atom stereocenters. The van der Waals surface area contributed by atoms with Crippen LogP contribution in [0.3, 0.4) is 0 Å². The van der Waals surface area contributed by atoms with Crippen molar-refractivity contribution in [2.24, 2.45) is 17.8 Å². The molecule has 0 spiro atoms. The van der Waals surface area contributed by atoms with E-state index in [1.807, 2.05) is 4.90 Å². The van der Waals surface area contributed by atoms with Crippen LogP contribution in [0.25, 0.3) is 0 Å². The molecule has 1 amide bonds. The summed E-state index contributed by atoms with van der Waals surface area (Å²) in [6.07, 6.45) is 3.53. The molecule has 148 valence electrons. The Balaban J connectivity index is 1.56. The smallest absolute Gasteiger partial charge is 0.311 e. The summed E-state index contributed by atoms with van der Waals surface area (Å²) < 4.78 is 24.0. The van der Waals surface area contributed by atoms with Crippen LogP contribution >= 0.6 is 0 Å². The van der Waals surface area contributed by atoms with Crippen LogP contribution in [-0.2, 0) is 20.9 Å². The number of nitrogens with zero attached hydrogens (tertiary/aromatic N) is 1. The van der Waals surface area contributed by atoms with Gasteiger partial charge in [-0.15, -0.1) is 0 Å². The summed E-state index contributed by atoms with van der Waals surface area (Å²) in [5.74, 6) is -0.0964. The highest BCUT2D eigenvalue weighted by atomic mass is 19.1. The lowest BCUT2D eigenvalue weighted by Crippen LogP contribution is -2.45. The molecule has 0 aromatic heterocycles. The maximum Gasteiger partial charge on any atom is 0.311 e. The number of esters is 1. The fourth-order valence-corrected chi connectivity index (χ4v) is 4.28. The van der Waals surface area contributed by atoms with Gasteiger partial charge in [0, 0.05) is 19.0 Å². The predicted octanol–water partition coefficient (Wildman–Crippen LogP) is 3.55. The lowest BCUT2D eigenvalue weighted by atomic mass is 9.77. The lowest BCUT2D eigenvalue weighted by Gasteiger charge is -2.39. The minimum atomic E-state index is -0.492. The Morgan fingerprint density at radius 2 is 2.07 bits per heavy atom. The van der Waals surface area contributed by atoms with E-state index in [2.05, 4.69) is 13.8 Å². The average Bonchev–Trinajstić information content (AvgIpc) is 3.04. The third-order valence-corrected chi connectivity index (χ3v) is 6.15. The topological polar surface area (TPSA) is 55.8 Å². The zero-order valence-electron chi connectivity index (χ0n) is 16.2. The maximum atomic E-state index is 13.7. The van der Waals surface area contributed by atoms with E-state index in [1.54, 1.807) is 6.07 Å². The van der Waals surface area contributed by atoms with Gasteiger partial charge >= 0.3 is 5.97 Å². The number of hydrogen-bond acceptors (Lipinski definition) is 4. The first-order valence-corrected chi connectivity index (χ1v) is 9.69. The van der Waals surface area contributed by atoms with Gasteiger partial charge in [0.05, 0.1) is 13.0 Å². The molecule has 1 aromatic rings. The van der Waals surface area contributed by atoms with Crippen LogP contribution in [0.1, 0.15) is 45.1 Å². The van der Waals surface area contributed by atoms with Gasteiger partial charge in [-0.3, -0.25) is 9.59 Å². The largest absolute Gasteiger partial charge is 0.494 e. The summed E-state index contributed by atoms with van der Waals surface area (Å²) >= 11 is 0. The molecular weight excluding hydrogens is 349 g/mol. The van der Waals surface area contributed by atoms with E-state index in [0.717, 1.165) is 12.8 Å². The van der Waals surface area contributed by atoms with Gasteiger partial charge in [0.15, 0.2) is 11.6 Å². The Kier molecular flexibility index (Phi) is 6.02. The van der Waals surface area contributed by atoms with E-state index in [0.29, 0.717) is 23.9 Å². The molecule has 1 aromatic carbocycles. The van der Waals surface area contributed by atoms with Gasteiger partial charge in [0.1, 0.15) is 6.61 Å². The Labute approximate surface area is 159 Å². The molecule has 3 rings (SSSR count). The quantitative estimate of drug-likeness (QED) is 0.737. The number of hydrogen-bond donors (Lipinski definition) is 0. The summed E-state index contributed by atoms with van der Waals surface area (Å²) in [7, 11) is 1.40. The summed E-state index contributed by atoms with van der Waals surface area (Å²) in [6.45, 7) is 4.85. The van der Waals surface area contributed by atoms with E-state index in [4.69, 9.17) is 9.47 Å². The second-order valence-corrected chi connectivity index (χ2v) is 7.86. The van der Waals surface area contributed by atoms with Crippen molar-refractivity contribution < 1.29 is 23.5 Å². The molecule has 1 saturated carbocycles. The maximum absolute atomic E-state index is 13.7. The molecule has 0 N–H and O–H groups in total. The molecule has 0 radical (unpaired) electrons. The van der Waals surface area contributed by atoms with Crippen LogP contribution in [0.4, 0.5) is 4.39 Å². The second kappa shape index (κ2) is 8.28. The van der Waals surface area contributed by atoms with E-state index < -0.39 is 17.7 Å². The van der Waals surface area contributed by atoms with Crippen LogP contribution in [0.15, 0.2) is 18.2 Å². The molecule has 2 fully saturated rings. The number of rotatable bonds is 5. The molecule has 1 saturated heterocycles. The van der Waals surface area contributed by atoms with Crippen molar-refractivity contribution in [2.45, 2.75) is 52.2 Å². The third-order valence-electron chi connectivity index (χ3n) is 6.15. The third kappa shape index (κ3) is 4.25. The first kappa shape index (κ1) is 19.6. The normalized spacial score (nSPS) is 28.3. The van der Waals surface area contributed by atoms with Crippen LogP contribution in [0.2, 0.25) is 0 Å². The van der Waals surface area contributed by atoms with Crippen molar-refractivity contribution in [2.75, 3.05) is 13.7 Å². The molecule has 0 bridgehead atoms. The number of methoxy groups -OCH3 is 1. The number of ether oxygens (including phenoxy) is 2. The molecule has 1 aliphatic heterocycles. The number of amides is 1. The van der Waals surface area contributed by atoms with Gasteiger partial charge in [-0.25, -0.2) is 4.39 Å². The highest BCUT2D eigenvalue weighted by Crippen LogP contribution is 2.36. The monoisotopic (exact) mass is 377 g/mol. The zero-order chi connectivity index (χ0) is 19.6. The van der Waals surface area contributed by atoms with Gasteiger partial charge in [-0.1, -0.05) is 32.8 Å². The summed E-state index contributed by atoms with van der Waals surface area (Å²) in [5, 5.41) is 0. The minimum Gasteiger partial charge on any atom is -0.494 e. The number of likely N-dealkylation sites (tertiary alicyclic amines) is 1. The zero-order valence-corrected chi connectivity index (χ0v) is 16.2. The molecule has 1 heterocycles. The highest BCUT2D eigenvalue weighted by Gasteiger charge is 2.42. The van der Waals surface area contributed by atoms with Crippen LogP contribution < -0.4 is 4.74 Å². The summed E-state index contributed by atoms with van der Waals surface area (Å²) in [6, 6.07) is 4.68. The van der Waals surface area contributed by atoms with Crippen molar-refractivity contribution in [3.63, 3.8) is 0 Å². The van der Waals surface area contributed by atoms with Gasteiger partial charge in [0.2, 0.25) is 5.91 Å².